The van der Waals surface area contributed by atoms with Crippen molar-refractivity contribution in [3.63, 3.8) is 0 Å². The molecule has 2 nitrogen and oxygen atoms in total. The third-order valence-corrected chi connectivity index (χ3v) is 2.23. The second-order valence-electron chi connectivity index (χ2n) is 3.71. The van der Waals surface area contributed by atoms with Gasteiger partial charge in [0.15, 0.2) is 0 Å². The summed E-state index contributed by atoms with van der Waals surface area (Å²) in [5.74, 6) is -0.706. The summed E-state index contributed by atoms with van der Waals surface area (Å²) in [6.07, 6.45) is 0. The maximum atomic E-state index is 13.2. The van der Waals surface area contributed by atoms with Crippen LogP contribution in [0.15, 0.2) is 18.2 Å². The maximum absolute atomic E-state index is 13.2. The van der Waals surface area contributed by atoms with Crippen molar-refractivity contribution in [2.24, 2.45) is 11.7 Å². The van der Waals surface area contributed by atoms with Gasteiger partial charge in [-0.25, -0.2) is 8.78 Å². The van der Waals surface area contributed by atoms with Gasteiger partial charge in [0.25, 0.3) is 0 Å². The van der Waals surface area contributed by atoms with Crippen LogP contribution in [-0.2, 0) is 6.54 Å². The summed E-state index contributed by atoms with van der Waals surface area (Å²) in [7, 11) is 0. The van der Waals surface area contributed by atoms with Gasteiger partial charge in [0.1, 0.15) is 11.6 Å². The summed E-state index contributed by atoms with van der Waals surface area (Å²) < 4.78 is 25.7. The van der Waals surface area contributed by atoms with Gasteiger partial charge in [-0.2, -0.15) is 0 Å². The van der Waals surface area contributed by atoms with Gasteiger partial charge in [-0.3, -0.25) is 0 Å². The largest absolute Gasteiger partial charge is 0.330 e. The fourth-order valence-corrected chi connectivity index (χ4v) is 1.20. The van der Waals surface area contributed by atoms with Crippen molar-refractivity contribution in [2.75, 3.05) is 13.1 Å². The van der Waals surface area contributed by atoms with Gasteiger partial charge in [-0.1, -0.05) is 13.0 Å². The molecular formula is C11H16F2N2. The number of benzene rings is 1. The van der Waals surface area contributed by atoms with E-state index in [2.05, 4.69) is 5.32 Å². The smallest absolute Gasteiger partial charge is 0.130 e. The summed E-state index contributed by atoms with van der Waals surface area (Å²) in [5, 5.41) is 3.07. The van der Waals surface area contributed by atoms with Gasteiger partial charge < -0.3 is 11.1 Å². The topological polar surface area (TPSA) is 38.0 Å². The standard InChI is InChI=1S/C11H16F2N2/c1-8(5-14)6-15-7-9-2-3-10(12)4-11(9)13/h2-4,8,15H,5-7,14H2,1H3. The van der Waals surface area contributed by atoms with Crippen molar-refractivity contribution in [3.8, 4) is 0 Å². The minimum Gasteiger partial charge on any atom is -0.330 e. The molecule has 0 fully saturated rings. The minimum atomic E-state index is -0.549. The molecule has 0 aliphatic carbocycles. The normalized spacial score (nSPS) is 12.8. The Balaban J connectivity index is 2.44. The highest BCUT2D eigenvalue weighted by Crippen LogP contribution is 2.08. The van der Waals surface area contributed by atoms with Crippen molar-refractivity contribution in [1.82, 2.24) is 5.32 Å². The zero-order valence-electron chi connectivity index (χ0n) is 8.76. The van der Waals surface area contributed by atoms with E-state index in [0.29, 0.717) is 24.6 Å². The van der Waals surface area contributed by atoms with E-state index < -0.39 is 11.6 Å². The number of rotatable bonds is 5. The van der Waals surface area contributed by atoms with E-state index >= 15 is 0 Å². The molecule has 1 rings (SSSR count). The average Bonchev–Trinajstić information content (AvgIpc) is 2.21. The molecule has 0 spiro atoms. The summed E-state index contributed by atoms with van der Waals surface area (Å²) in [5.41, 5.74) is 5.91. The van der Waals surface area contributed by atoms with E-state index in [1.165, 1.54) is 12.1 Å². The number of hydrogen-bond acceptors (Lipinski definition) is 2. The Kier molecular flexibility index (Phi) is 4.65. The molecule has 0 aliphatic heterocycles. The van der Waals surface area contributed by atoms with E-state index in [1.54, 1.807) is 0 Å². The van der Waals surface area contributed by atoms with Crippen LogP contribution in [0.25, 0.3) is 0 Å². The molecule has 0 bridgehead atoms. The molecule has 0 aliphatic rings. The molecule has 0 aromatic heterocycles. The fraction of sp³-hybridized carbons (Fsp3) is 0.455. The van der Waals surface area contributed by atoms with E-state index in [4.69, 9.17) is 5.73 Å². The van der Waals surface area contributed by atoms with Crippen molar-refractivity contribution < 1.29 is 8.78 Å². The lowest BCUT2D eigenvalue weighted by Crippen LogP contribution is -2.26. The quantitative estimate of drug-likeness (QED) is 0.782. The molecule has 1 unspecified atom stereocenters. The summed E-state index contributed by atoms with van der Waals surface area (Å²) in [4.78, 5) is 0. The molecule has 0 saturated carbocycles. The number of halogens is 2. The highest BCUT2D eigenvalue weighted by Gasteiger charge is 2.04. The van der Waals surface area contributed by atoms with Gasteiger partial charge in [0.2, 0.25) is 0 Å². The molecule has 15 heavy (non-hydrogen) atoms. The first-order valence-corrected chi connectivity index (χ1v) is 4.98. The molecular weight excluding hydrogens is 198 g/mol. The molecule has 1 aromatic rings. The second-order valence-corrected chi connectivity index (χ2v) is 3.71. The number of nitrogens with one attached hydrogen (secondary N) is 1. The lowest BCUT2D eigenvalue weighted by Gasteiger charge is -2.10. The summed E-state index contributed by atoms with van der Waals surface area (Å²) in [6.45, 7) is 3.73. The molecule has 0 radical (unpaired) electrons. The highest BCUT2D eigenvalue weighted by molar-refractivity contribution is 5.18. The highest BCUT2D eigenvalue weighted by atomic mass is 19.1. The van der Waals surface area contributed by atoms with Crippen molar-refractivity contribution in [3.05, 3.63) is 35.4 Å². The molecule has 1 atom stereocenters. The third kappa shape index (κ3) is 3.93. The monoisotopic (exact) mass is 214 g/mol. The molecule has 0 heterocycles. The van der Waals surface area contributed by atoms with Crippen LogP contribution in [0, 0.1) is 17.6 Å². The Morgan fingerprint density at radius 3 is 2.73 bits per heavy atom. The molecule has 0 amide bonds. The van der Waals surface area contributed by atoms with Crippen molar-refractivity contribution in [2.45, 2.75) is 13.5 Å². The molecule has 0 saturated heterocycles. The van der Waals surface area contributed by atoms with Crippen LogP contribution in [0.3, 0.4) is 0 Å². The van der Waals surface area contributed by atoms with Gasteiger partial charge in [0, 0.05) is 18.2 Å². The van der Waals surface area contributed by atoms with Crippen LogP contribution in [0.2, 0.25) is 0 Å². The van der Waals surface area contributed by atoms with Gasteiger partial charge in [-0.15, -0.1) is 0 Å². The number of nitrogens with two attached hydrogens (primary N) is 1. The van der Waals surface area contributed by atoms with Crippen molar-refractivity contribution >= 4 is 0 Å². The average molecular weight is 214 g/mol. The lowest BCUT2D eigenvalue weighted by molar-refractivity contribution is 0.508. The maximum Gasteiger partial charge on any atom is 0.130 e. The minimum absolute atomic E-state index is 0.355. The Labute approximate surface area is 88.5 Å². The molecule has 4 heteroatoms. The molecule has 3 N–H and O–H groups in total. The second kappa shape index (κ2) is 5.78. The SMILES string of the molecule is CC(CN)CNCc1ccc(F)cc1F. The zero-order chi connectivity index (χ0) is 11.3. The van der Waals surface area contributed by atoms with E-state index in [-0.39, 0.29) is 0 Å². The summed E-state index contributed by atoms with van der Waals surface area (Å²) >= 11 is 0. The first-order valence-electron chi connectivity index (χ1n) is 4.98. The Morgan fingerprint density at radius 1 is 1.40 bits per heavy atom. The van der Waals surface area contributed by atoms with Gasteiger partial charge >= 0.3 is 0 Å². The van der Waals surface area contributed by atoms with E-state index in [1.807, 2.05) is 6.92 Å². The zero-order valence-corrected chi connectivity index (χ0v) is 8.76. The molecule has 1 aromatic carbocycles. The Hall–Kier alpha value is -1.00. The Morgan fingerprint density at radius 2 is 2.13 bits per heavy atom. The van der Waals surface area contributed by atoms with Gasteiger partial charge in [0.05, 0.1) is 0 Å². The van der Waals surface area contributed by atoms with Crippen LogP contribution >= 0.6 is 0 Å². The first kappa shape index (κ1) is 12.1. The predicted octanol–water partition coefficient (Wildman–Crippen LogP) is 1.65. The first-order chi connectivity index (χ1) is 7.13. The van der Waals surface area contributed by atoms with Crippen LogP contribution in [-0.4, -0.2) is 13.1 Å². The van der Waals surface area contributed by atoms with Gasteiger partial charge in [-0.05, 0) is 25.1 Å². The van der Waals surface area contributed by atoms with Crippen LogP contribution in [0.1, 0.15) is 12.5 Å². The van der Waals surface area contributed by atoms with E-state index in [0.717, 1.165) is 12.6 Å². The fourth-order valence-electron chi connectivity index (χ4n) is 1.20. The van der Waals surface area contributed by atoms with Crippen LogP contribution < -0.4 is 11.1 Å². The number of hydrogen-bond donors (Lipinski definition) is 2. The lowest BCUT2D eigenvalue weighted by atomic mass is 10.1. The van der Waals surface area contributed by atoms with Crippen molar-refractivity contribution in [1.29, 1.82) is 0 Å². The van der Waals surface area contributed by atoms with Crippen LogP contribution in [0.4, 0.5) is 8.78 Å². The van der Waals surface area contributed by atoms with E-state index in [9.17, 15) is 8.78 Å². The molecule has 84 valence electrons. The third-order valence-electron chi connectivity index (χ3n) is 2.23. The predicted molar refractivity (Wildman–Crippen MR) is 56.3 cm³/mol. The summed E-state index contributed by atoms with van der Waals surface area (Å²) in [6, 6.07) is 3.60. The van der Waals surface area contributed by atoms with Crippen LogP contribution in [0.5, 0.6) is 0 Å². The Bertz CT molecular complexity index is 315.